The molecule has 0 saturated heterocycles. The third-order valence-electron chi connectivity index (χ3n) is 2.40. The number of aromatic nitrogens is 1. The maximum Gasteiger partial charge on any atom is 0.295 e. The molecule has 0 N–H and O–H groups in total. The van der Waals surface area contributed by atoms with Gasteiger partial charge >= 0.3 is 0 Å². The zero-order valence-corrected chi connectivity index (χ0v) is 10.9. The third kappa shape index (κ3) is 2.44. The van der Waals surface area contributed by atoms with Crippen molar-refractivity contribution >= 4 is 28.9 Å². The molecule has 18 heavy (non-hydrogen) atoms. The average molecular weight is 283 g/mol. The summed E-state index contributed by atoms with van der Waals surface area (Å²) in [6.45, 7) is 1.76. The maximum absolute atomic E-state index is 11.0. The van der Waals surface area contributed by atoms with Gasteiger partial charge in [0, 0.05) is 22.3 Å². The molecule has 0 aliphatic heterocycles. The second kappa shape index (κ2) is 4.92. The van der Waals surface area contributed by atoms with Crippen LogP contribution in [0.15, 0.2) is 30.3 Å². The summed E-state index contributed by atoms with van der Waals surface area (Å²) in [5, 5.41) is 11.8. The van der Waals surface area contributed by atoms with Crippen LogP contribution in [-0.4, -0.2) is 9.91 Å². The van der Waals surface area contributed by atoms with E-state index in [0.717, 1.165) is 0 Å². The van der Waals surface area contributed by atoms with Gasteiger partial charge in [0.25, 0.3) is 5.69 Å². The molecule has 92 valence electrons. The highest BCUT2D eigenvalue weighted by Gasteiger charge is 2.19. The lowest BCUT2D eigenvalue weighted by molar-refractivity contribution is -0.384. The molecular weight excluding hydrogens is 275 g/mol. The Kier molecular flexibility index (Phi) is 3.50. The van der Waals surface area contributed by atoms with Crippen molar-refractivity contribution in [2.45, 2.75) is 6.92 Å². The Balaban J connectivity index is 2.69. The maximum atomic E-state index is 11.0. The molecule has 6 heteroatoms. The second-order valence-corrected chi connectivity index (χ2v) is 4.55. The van der Waals surface area contributed by atoms with Crippen LogP contribution in [0, 0.1) is 17.0 Å². The van der Waals surface area contributed by atoms with Gasteiger partial charge in [-0.1, -0.05) is 23.2 Å². The van der Waals surface area contributed by atoms with Crippen molar-refractivity contribution in [3.63, 3.8) is 0 Å². The molecule has 1 heterocycles. The van der Waals surface area contributed by atoms with Crippen LogP contribution in [0.4, 0.5) is 5.69 Å². The summed E-state index contributed by atoms with van der Waals surface area (Å²) in [4.78, 5) is 14.7. The molecule has 1 aromatic heterocycles. The highest BCUT2D eigenvalue weighted by Crippen LogP contribution is 2.34. The molecule has 0 radical (unpaired) electrons. The van der Waals surface area contributed by atoms with Crippen molar-refractivity contribution in [3.05, 3.63) is 56.2 Å². The minimum Gasteiger partial charge on any atom is -0.258 e. The van der Waals surface area contributed by atoms with Crippen molar-refractivity contribution in [1.29, 1.82) is 0 Å². The first kappa shape index (κ1) is 12.8. The van der Waals surface area contributed by atoms with Gasteiger partial charge in [-0.25, -0.2) is 4.98 Å². The first-order valence-electron chi connectivity index (χ1n) is 5.06. The first-order chi connectivity index (χ1) is 8.49. The molecule has 0 amide bonds. The van der Waals surface area contributed by atoms with E-state index in [2.05, 4.69) is 4.98 Å². The van der Waals surface area contributed by atoms with Crippen molar-refractivity contribution in [2.75, 3.05) is 0 Å². The lowest BCUT2D eigenvalue weighted by atomic mass is 10.1. The highest BCUT2D eigenvalue weighted by atomic mass is 35.5. The number of benzene rings is 1. The quantitative estimate of drug-likeness (QED) is 0.610. The van der Waals surface area contributed by atoms with E-state index in [1.807, 2.05) is 0 Å². The Morgan fingerprint density at radius 2 is 1.94 bits per heavy atom. The standard InChI is InChI=1S/C12H8Cl2N2O2/c1-7-2-5-11(16(17)18)12(15-7)9-4-3-8(13)6-10(9)14/h2-6H,1H3. The van der Waals surface area contributed by atoms with Gasteiger partial charge in [-0.15, -0.1) is 0 Å². The number of rotatable bonds is 2. The van der Waals surface area contributed by atoms with Crippen LogP contribution in [0.25, 0.3) is 11.3 Å². The van der Waals surface area contributed by atoms with Gasteiger partial charge in [0.2, 0.25) is 0 Å². The van der Waals surface area contributed by atoms with E-state index < -0.39 is 4.92 Å². The third-order valence-corrected chi connectivity index (χ3v) is 2.94. The fraction of sp³-hybridized carbons (Fsp3) is 0.0833. The number of nitrogens with zero attached hydrogens (tertiary/aromatic N) is 2. The smallest absolute Gasteiger partial charge is 0.258 e. The van der Waals surface area contributed by atoms with Crippen LogP contribution in [0.3, 0.4) is 0 Å². The molecule has 2 rings (SSSR count). The van der Waals surface area contributed by atoms with Crippen molar-refractivity contribution in [3.8, 4) is 11.3 Å². The minimum atomic E-state index is -0.479. The molecule has 1 aromatic carbocycles. The first-order valence-corrected chi connectivity index (χ1v) is 5.82. The van der Waals surface area contributed by atoms with Gasteiger partial charge in [-0.3, -0.25) is 10.1 Å². The number of pyridine rings is 1. The van der Waals surface area contributed by atoms with Crippen LogP contribution < -0.4 is 0 Å². The summed E-state index contributed by atoms with van der Waals surface area (Å²) in [5.74, 6) is 0. The molecule has 4 nitrogen and oxygen atoms in total. The summed E-state index contributed by atoms with van der Waals surface area (Å²) in [6, 6.07) is 7.79. The van der Waals surface area contributed by atoms with Gasteiger partial charge in [-0.05, 0) is 31.2 Å². The molecule has 0 bridgehead atoms. The van der Waals surface area contributed by atoms with E-state index >= 15 is 0 Å². The fourth-order valence-electron chi connectivity index (χ4n) is 1.58. The summed E-state index contributed by atoms with van der Waals surface area (Å²) in [5.41, 5.74) is 1.35. The number of aryl methyl sites for hydroxylation is 1. The van der Waals surface area contributed by atoms with Crippen molar-refractivity contribution in [1.82, 2.24) is 4.98 Å². The lowest BCUT2D eigenvalue weighted by Crippen LogP contribution is -1.96. The van der Waals surface area contributed by atoms with Gasteiger partial charge in [0.1, 0.15) is 5.69 Å². The van der Waals surface area contributed by atoms with Crippen molar-refractivity contribution < 1.29 is 4.92 Å². The van der Waals surface area contributed by atoms with E-state index in [0.29, 0.717) is 21.3 Å². The zero-order valence-electron chi connectivity index (χ0n) is 9.35. The highest BCUT2D eigenvalue weighted by molar-refractivity contribution is 6.36. The van der Waals surface area contributed by atoms with Crippen LogP contribution in [0.1, 0.15) is 5.69 Å². The number of nitro groups is 1. The number of hydrogen-bond donors (Lipinski definition) is 0. The summed E-state index contributed by atoms with van der Waals surface area (Å²) in [6.07, 6.45) is 0. The van der Waals surface area contributed by atoms with Gasteiger partial charge in [-0.2, -0.15) is 0 Å². The largest absolute Gasteiger partial charge is 0.295 e. The molecule has 0 unspecified atom stereocenters. The van der Waals surface area contributed by atoms with E-state index in [1.165, 1.54) is 12.1 Å². The minimum absolute atomic E-state index is 0.0789. The fourth-order valence-corrected chi connectivity index (χ4v) is 2.07. The van der Waals surface area contributed by atoms with Crippen LogP contribution in [0.2, 0.25) is 10.0 Å². The Morgan fingerprint density at radius 1 is 1.22 bits per heavy atom. The molecule has 0 saturated carbocycles. The second-order valence-electron chi connectivity index (χ2n) is 3.70. The van der Waals surface area contributed by atoms with E-state index in [4.69, 9.17) is 23.2 Å². The predicted molar refractivity (Wildman–Crippen MR) is 71.1 cm³/mol. The molecule has 2 aromatic rings. The summed E-state index contributed by atoms with van der Waals surface area (Å²) in [7, 11) is 0. The average Bonchev–Trinajstić information content (AvgIpc) is 2.28. The molecule has 0 aliphatic rings. The molecule has 0 aliphatic carbocycles. The SMILES string of the molecule is Cc1ccc([N+](=O)[O-])c(-c2ccc(Cl)cc2Cl)n1. The predicted octanol–water partition coefficient (Wildman–Crippen LogP) is 4.27. The normalized spacial score (nSPS) is 10.4. The molecule has 0 fully saturated rings. The Hall–Kier alpha value is -1.65. The lowest BCUT2D eigenvalue weighted by Gasteiger charge is -2.06. The van der Waals surface area contributed by atoms with Crippen molar-refractivity contribution in [2.24, 2.45) is 0 Å². The topological polar surface area (TPSA) is 56.0 Å². The summed E-state index contributed by atoms with van der Waals surface area (Å²) < 4.78 is 0. The van der Waals surface area contributed by atoms with Crippen LogP contribution in [0.5, 0.6) is 0 Å². The summed E-state index contributed by atoms with van der Waals surface area (Å²) >= 11 is 11.8. The van der Waals surface area contributed by atoms with Gasteiger partial charge in [0.05, 0.1) is 9.95 Å². The Bertz CT molecular complexity index is 629. The van der Waals surface area contributed by atoms with E-state index in [1.54, 1.807) is 25.1 Å². The number of halogens is 2. The van der Waals surface area contributed by atoms with E-state index in [9.17, 15) is 10.1 Å². The Morgan fingerprint density at radius 3 is 2.56 bits per heavy atom. The molecule has 0 atom stereocenters. The Labute approximate surface area is 113 Å². The van der Waals surface area contributed by atoms with E-state index in [-0.39, 0.29) is 11.4 Å². The van der Waals surface area contributed by atoms with Gasteiger partial charge in [0.15, 0.2) is 0 Å². The monoisotopic (exact) mass is 282 g/mol. The number of hydrogen-bond acceptors (Lipinski definition) is 3. The zero-order chi connectivity index (χ0) is 13.3. The van der Waals surface area contributed by atoms with Crippen LogP contribution >= 0.6 is 23.2 Å². The van der Waals surface area contributed by atoms with Gasteiger partial charge < -0.3 is 0 Å². The molecular formula is C12H8Cl2N2O2. The van der Waals surface area contributed by atoms with Crippen LogP contribution in [-0.2, 0) is 0 Å². The molecule has 0 spiro atoms.